The highest BCUT2D eigenvalue weighted by atomic mass is 79.9. The molecule has 0 spiro atoms. The molecule has 2 N–H and O–H groups in total. The predicted octanol–water partition coefficient (Wildman–Crippen LogP) is 2.92. The van der Waals surface area contributed by atoms with Gasteiger partial charge < -0.3 is 10.5 Å². The number of methoxy groups -OCH3 is 1. The second-order valence-electron chi connectivity index (χ2n) is 4.41. The second-order valence-corrected chi connectivity index (χ2v) is 5.26. The largest absolute Gasteiger partial charge is 0.496 e. The minimum atomic E-state index is -0.0447. The Hall–Kier alpha value is -1.33. The molecule has 0 fully saturated rings. The van der Waals surface area contributed by atoms with Crippen LogP contribution in [0.2, 0.25) is 0 Å². The SMILES string of the molecule is CCn1cc(CC(N)c2ccc(OC)c(Br)c2)cn1. The average Bonchev–Trinajstić information content (AvgIpc) is 2.86. The minimum absolute atomic E-state index is 0.0447. The molecule has 0 aliphatic carbocycles. The predicted molar refractivity (Wildman–Crippen MR) is 79.2 cm³/mol. The molecule has 2 aromatic rings. The van der Waals surface area contributed by atoms with E-state index in [2.05, 4.69) is 28.0 Å². The number of halogens is 1. The van der Waals surface area contributed by atoms with E-state index in [9.17, 15) is 0 Å². The second kappa shape index (κ2) is 6.21. The van der Waals surface area contributed by atoms with Gasteiger partial charge in [-0.25, -0.2) is 0 Å². The van der Waals surface area contributed by atoms with Gasteiger partial charge in [0.1, 0.15) is 5.75 Å². The molecule has 1 unspecified atom stereocenters. The Morgan fingerprint density at radius 3 is 2.84 bits per heavy atom. The normalized spacial score (nSPS) is 12.4. The van der Waals surface area contributed by atoms with Gasteiger partial charge in [0.25, 0.3) is 0 Å². The summed E-state index contributed by atoms with van der Waals surface area (Å²) < 4.78 is 8.05. The third kappa shape index (κ3) is 3.36. The summed E-state index contributed by atoms with van der Waals surface area (Å²) in [5, 5.41) is 4.26. The Balaban J connectivity index is 2.10. The summed E-state index contributed by atoms with van der Waals surface area (Å²) in [6.45, 7) is 2.95. The van der Waals surface area contributed by atoms with Crippen molar-refractivity contribution in [1.29, 1.82) is 0 Å². The first-order valence-corrected chi connectivity index (χ1v) is 7.03. The lowest BCUT2D eigenvalue weighted by atomic mass is 10.0. The first kappa shape index (κ1) is 14.1. The van der Waals surface area contributed by atoms with E-state index in [4.69, 9.17) is 10.5 Å². The molecule has 102 valence electrons. The fourth-order valence-electron chi connectivity index (χ4n) is 1.97. The Labute approximate surface area is 121 Å². The highest BCUT2D eigenvalue weighted by Gasteiger charge is 2.11. The quantitative estimate of drug-likeness (QED) is 0.920. The molecular formula is C14H18BrN3O. The number of benzene rings is 1. The van der Waals surface area contributed by atoms with Crippen LogP contribution >= 0.6 is 15.9 Å². The zero-order valence-electron chi connectivity index (χ0n) is 11.1. The van der Waals surface area contributed by atoms with Crippen molar-refractivity contribution in [2.24, 2.45) is 5.73 Å². The molecule has 1 aromatic heterocycles. The van der Waals surface area contributed by atoms with Gasteiger partial charge in [0.15, 0.2) is 0 Å². The highest BCUT2D eigenvalue weighted by molar-refractivity contribution is 9.10. The minimum Gasteiger partial charge on any atom is -0.496 e. The number of rotatable bonds is 5. The Bertz CT molecular complexity index is 553. The van der Waals surface area contributed by atoms with E-state index in [1.807, 2.05) is 35.3 Å². The van der Waals surface area contributed by atoms with Crippen LogP contribution in [0, 0.1) is 0 Å². The van der Waals surface area contributed by atoms with Crippen LogP contribution in [0.15, 0.2) is 35.1 Å². The van der Waals surface area contributed by atoms with Gasteiger partial charge in [-0.2, -0.15) is 5.10 Å². The van der Waals surface area contributed by atoms with E-state index in [-0.39, 0.29) is 6.04 Å². The van der Waals surface area contributed by atoms with E-state index in [1.165, 1.54) is 0 Å². The third-order valence-electron chi connectivity index (χ3n) is 3.07. The molecule has 2 rings (SSSR count). The zero-order chi connectivity index (χ0) is 13.8. The van der Waals surface area contributed by atoms with Crippen LogP contribution in [0.3, 0.4) is 0 Å². The summed E-state index contributed by atoms with van der Waals surface area (Å²) in [5.41, 5.74) is 8.47. The summed E-state index contributed by atoms with van der Waals surface area (Å²) in [4.78, 5) is 0. The first-order valence-electron chi connectivity index (χ1n) is 6.24. The van der Waals surface area contributed by atoms with E-state index in [0.29, 0.717) is 0 Å². The van der Waals surface area contributed by atoms with Crippen molar-refractivity contribution >= 4 is 15.9 Å². The number of aromatic nitrogens is 2. The summed E-state index contributed by atoms with van der Waals surface area (Å²) >= 11 is 3.48. The lowest BCUT2D eigenvalue weighted by Gasteiger charge is -2.12. The number of nitrogens with zero attached hydrogens (tertiary/aromatic N) is 2. The van der Waals surface area contributed by atoms with Crippen LogP contribution in [0.25, 0.3) is 0 Å². The molecule has 0 amide bonds. The summed E-state index contributed by atoms with van der Waals surface area (Å²) in [7, 11) is 1.65. The van der Waals surface area contributed by atoms with Crippen LogP contribution < -0.4 is 10.5 Å². The molecule has 0 aliphatic rings. The van der Waals surface area contributed by atoms with Gasteiger partial charge in [-0.15, -0.1) is 0 Å². The Kier molecular flexibility index (Phi) is 4.61. The van der Waals surface area contributed by atoms with E-state index in [1.54, 1.807) is 7.11 Å². The highest BCUT2D eigenvalue weighted by Crippen LogP contribution is 2.28. The molecule has 4 nitrogen and oxygen atoms in total. The lowest BCUT2D eigenvalue weighted by molar-refractivity contribution is 0.412. The van der Waals surface area contributed by atoms with Gasteiger partial charge in [-0.05, 0) is 52.5 Å². The smallest absolute Gasteiger partial charge is 0.133 e. The number of nitrogens with two attached hydrogens (primary N) is 1. The molecule has 1 heterocycles. The van der Waals surface area contributed by atoms with E-state index in [0.717, 1.165) is 34.3 Å². The maximum absolute atomic E-state index is 6.24. The van der Waals surface area contributed by atoms with Crippen LogP contribution in [0.5, 0.6) is 5.75 Å². The maximum Gasteiger partial charge on any atom is 0.133 e. The molecule has 0 bridgehead atoms. The number of hydrogen-bond donors (Lipinski definition) is 1. The maximum atomic E-state index is 6.24. The summed E-state index contributed by atoms with van der Waals surface area (Å²) in [5.74, 6) is 0.815. The van der Waals surface area contributed by atoms with Gasteiger partial charge >= 0.3 is 0 Å². The number of hydrogen-bond acceptors (Lipinski definition) is 3. The van der Waals surface area contributed by atoms with Crippen molar-refractivity contribution in [2.75, 3.05) is 7.11 Å². The molecule has 0 radical (unpaired) electrons. The zero-order valence-corrected chi connectivity index (χ0v) is 12.7. The Morgan fingerprint density at radius 2 is 2.26 bits per heavy atom. The molecule has 0 aliphatic heterocycles. The molecular weight excluding hydrogens is 306 g/mol. The van der Waals surface area contributed by atoms with Gasteiger partial charge in [0.2, 0.25) is 0 Å². The van der Waals surface area contributed by atoms with Crippen molar-refractivity contribution in [3.8, 4) is 5.75 Å². The van der Waals surface area contributed by atoms with Gasteiger partial charge in [-0.3, -0.25) is 4.68 Å². The fraction of sp³-hybridized carbons (Fsp3) is 0.357. The number of ether oxygens (including phenoxy) is 1. The van der Waals surface area contributed by atoms with Crippen LogP contribution in [-0.2, 0) is 13.0 Å². The van der Waals surface area contributed by atoms with Crippen molar-refractivity contribution in [3.63, 3.8) is 0 Å². The topological polar surface area (TPSA) is 53.1 Å². The number of aryl methyl sites for hydroxylation is 1. The molecule has 19 heavy (non-hydrogen) atoms. The van der Waals surface area contributed by atoms with Crippen molar-refractivity contribution in [3.05, 3.63) is 46.2 Å². The molecule has 5 heteroatoms. The standard InChI is InChI=1S/C14H18BrN3O/c1-3-18-9-10(8-17-18)6-13(16)11-4-5-14(19-2)12(15)7-11/h4-5,7-9,13H,3,6,16H2,1-2H3. The van der Waals surface area contributed by atoms with Crippen LogP contribution in [-0.4, -0.2) is 16.9 Å². The van der Waals surface area contributed by atoms with E-state index >= 15 is 0 Å². The van der Waals surface area contributed by atoms with Crippen LogP contribution in [0.1, 0.15) is 24.1 Å². The van der Waals surface area contributed by atoms with Crippen molar-refractivity contribution < 1.29 is 4.74 Å². The fourth-order valence-corrected chi connectivity index (χ4v) is 2.53. The molecule has 0 saturated carbocycles. The van der Waals surface area contributed by atoms with Gasteiger partial charge in [0.05, 0.1) is 17.8 Å². The van der Waals surface area contributed by atoms with Gasteiger partial charge in [0, 0.05) is 18.8 Å². The molecule has 1 atom stereocenters. The van der Waals surface area contributed by atoms with Crippen molar-refractivity contribution in [2.45, 2.75) is 25.9 Å². The van der Waals surface area contributed by atoms with E-state index < -0.39 is 0 Å². The van der Waals surface area contributed by atoms with Gasteiger partial charge in [-0.1, -0.05) is 6.07 Å². The summed E-state index contributed by atoms with van der Waals surface area (Å²) in [6, 6.07) is 5.89. The average molecular weight is 324 g/mol. The van der Waals surface area contributed by atoms with Crippen LogP contribution in [0.4, 0.5) is 0 Å². The Morgan fingerprint density at radius 1 is 1.47 bits per heavy atom. The lowest BCUT2D eigenvalue weighted by Crippen LogP contribution is -2.13. The first-order chi connectivity index (χ1) is 9.13. The third-order valence-corrected chi connectivity index (χ3v) is 3.69. The van der Waals surface area contributed by atoms with Crippen molar-refractivity contribution in [1.82, 2.24) is 9.78 Å². The summed E-state index contributed by atoms with van der Waals surface area (Å²) in [6.07, 6.45) is 4.69. The molecule has 0 saturated heterocycles. The molecule has 1 aromatic carbocycles. The monoisotopic (exact) mass is 323 g/mol.